The van der Waals surface area contributed by atoms with Crippen LogP contribution in [-0.4, -0.2) is 22.4 Å². The van der Waals surface area contributed by atoms with E-state index in [1.165, 1.54) is 0 Å². The van der Waals surface area contributed by atoms with E-state index >= 15 is 0 Å². The number of nitrogens with zero attached hydrogens (tertiary/aromatic N) is 1. The lowest BCUT2D eigenvalue weighted by molar-refractivity contribution is 0.0953. The van der Waals surface area contributed by atoms with Crippen molar-refractivity contribution in [3.8, 4) is 0 Å². The first kappa shape index (κ1) is 15.0. The van der Waals surface area contributed by atoms with Crippen molar-refractivity contribution in [3.05, 3.63) is 75.8 Å². The molecule has 2 N–H and O–H groups in total. The zero-order valence-electron chi connectivity index (χ0n) is 12.8. The Kier molecular flexibility index (Phi) is 4.19. The number of hydrogen-bond acceptors (Lipinski definition) is 3. The number of amides is 1. The van der Waals surface area contributed by atoms with Crippen LogP contribution in [0.3, 0.4) is 0 Å². The van der Waals surface area contributed by atoms with E-state index in [1.807, 2.05) is 31.2 Å². The Bertz CT molecular complexity index is 915. The van der Waals surface area contributed by atoms with Gasteiger partial charge in [-0.2, -0.15) is 0 Å². The first-order valence-electron chi connectivity index (χ1n) is 7.47. The Morgan fingerprint density at radius 3 is 2.70 bits per heavy atom. The Hall–Kier alpha value is -2.95. The summed E-state index contributed by atoms with van der Waals surface area (Å²) in [6.07, 6.45) is 0.470. The number of para-hydroxylation sites is 1. The second kappa shape index (κ2) is 6.44. The third kappa shape index (κ3) is 3.29. The van der Waals surface area contributed by atoms with Gasteiger partial charge in [-0.1, -0.05) is 30.3 Å². The van der Waals surface area contributed by atoms with Gasteiger partial charge in [0.1, 0.15) is 5.82 Å². The van der Waals surface area contributed by atoms with Crippen LogP contribution >= 0.6 is 0 Å². The Labute approximate surface area is 133 Å². The third-order valence-electron chi connectivity index (χ3n) is 3.70. The van der Waals surface area contributed by atoms with Gasteiger partial charge in [0.15, 0.2) is 0 Å². The molecule has 1 aromatic heterocycles. The third-order valence-corrected chi connectivity index (χ3v) is 3.70. The second-order valence-corrected chi connectivity index (χ2v) is 5.35. The van der Waals surface area contributed by atoms with Crippen molar-refractivity contribution in [3.63, 3.8) is 0 Å². The summed E-state index contributed by atoms with van der Waals surface area (Å²) in [5.74, 6) is 0.449. The lowest BCUT2D eigenvalue weighted by atomic mass is 10.1. The molecule has 5 nitrogen and oxygen atoms in total. The topological polar surface area (TPSA) is 74.8 Å². The van der Waals surface area contributed by atoms with Crippen LogP contribution in [-0.2, 0) is 6.42 Å². The molecule has 0 radical (unpaired) electrons. The van der Waals surface area contributed by atoms with Crippen molar-refractivity contribution in [2.75, 3.05) is 6.54 Å². The maximum atomic E-state index is 12.1. The largest absolute Gasteiger partial charge is 0.352 e. The number of benzene rings is 2. The van der Waals surface area contributed by atoms with Gasteiger partial charge in [0.05, 0.1) is 10.9 Å². The number of rotatable bonds is 4. The lowest BCUT2D eigenvalue weighted by Gasteiger charge is -2.07. The van der Waals surface area contributed by atoms with E-state index in [9.17, 15) is 9.59 Å². The van der Waals surface area contributed by atoms with Crippen LogP contribution in [0, 0.1) is 6.92 Å². The summed E-state index contributed by atoms with van der Waals surface area (Å²) in [7, 11) is 0. The van der Waals surface area contributed by atoms with Gasteiger partial charge in [0.2, 0.25) is 0 Å². The molecule has 1 amide bonds. The molecular weight excluding hydrogens is 290 g/mol. The van der Waals surface area contributed by atoms with Gasteiger partial charge in [-0.3, -0.25) is 9.59 Å². The molecule has 0 bridgehead atoms. The first-order valence-corrected chi connectivity index (χ1v) is 7.47. The minimum absolute atomic E-state index is 0.119. The Morgan fingerprint density at radius 2 is 1.87 bits per heavy atom. The van der Waals surface area contributed by atoms with E-state index in [0.29, 0.717) is 35.3 Å². The number of carbonyl (C=O) groups excluding carboxylic acids is 1. The van der Waals surface area contributed by atoms with E-state index < -0.39 is 0 Å². The van der Waals surface area contributed by atoms with Crippen LogP contribution in [0.15, 0.2) is 53.3 Å². The van der Waals surface area contributed by atoms with Gasteiger partial charge in [-0.15, -0.1) is 0 Å². The molecular formula is C18H17N3O2. The van der Waals surface area contributed by atoms with E-state index in [2.05, 4.69) is 15.3 Å². The highest BCUT2D eigenvalue weighted by atomic mass is 16.1. The summed E-state index contributed by atoms with van der Waals surface area (Å²) >= 11 is 0. The molecule has 0 aliphatic rings. The minimum atomic E-state index is -0.157. The lowest BCUT2D eigenvalue weighted by Crippen LogP contribution is -2.27. The maximum absolute atomic E-state index is 12.1. The average molecular weight is 307 g/mol. The van der Waals surface area contributed by atoms with Crippen molar-refractivity contribution < 1.29 is 4.79 Å². The maximum Gasteiger partial charge on any atom is 0.258 e. The zero-order chi connectivity index (χ0) is 16.2. The normalized spacial score (nSPS) is 10.7. The van der Waals surface area contributed by atoms with Crippen molar-refractivity contribution in [1.29, 1.82) is 0 Å². The number of aryl methyl sites for hydroxylation is 1. The fourth-order valence-corrected chi connectivity index (χ4v) is 2.47. The Morgan fingerprint density at radius 1 is 1.13 bits per heavy atom. The summed E-state index contributed by atoms with van der Waals surface area (Å²) in [4.78, 5) is 31.3. The number of fused-ring (bicyclic) bond motifs is 1. The molecule has 3 aromatic rings. The van der Waals surface area contributed by atoms with Crippen LogP contribution in [0.5, 0.6) is 0 Å². The van der Waals surface area contributed by atoms with Crippen LogP contribution < -0.4 is 10.9 Å². The number of aromatic amines is 1. The average Bonchev–Trinajstić information content (AvgIpc) is 2.55. The SMILES string of the molecule is Cc1ccccc1C(=O)NCCc1nc2ccccc2c(=O)[nH]1. The molecule has 0 aliphatic heterocycles. The molecule has 0 unspecified atom stereocenters. The summed E-state index contributed by atoms with van der Waals surface area (Å²) in [6, 6.07) is 14.6. The molecule has 0 aliphatic carbocycles. The highest BCUT2D eigenvalue weighted by Crippen LogP contribution is 2.07. The predicted molar refractivity (Wildman–Crippen MR) is 89.6 cm³/mol. The molecule has 0 saturated heterocycles. The van der Waals surface area contributed by atoms with Crippen molar-refractivity contribution in [2.24, 2.45) is 0 Å². The van der Waals surface area contributed by atoms with Crippen molar-refractivity contribution >= 4 is 16.8 Å². The number of H-pyrrole nitrogens is 1. The highest BCUT2D eigenvalue weighted by molar-refractivity contribution is 5.95. The van der Waals surface area contributed by atoms with Crippen LogP contribution in [0.2, 0.25) is 0 Å². The Balaban J connectivity index is 1.68. The van der Waals surface area contributed by atoms with E-state index in [0.717, 1.165) is 5.56 Å². The molecule has 116 valence electrons. The van der Waals surface area contributed by atoms with Gasteiger partial charge >= 0.3 is 0 Å². The van der Waals surface area contributed by atoms with Gasteiger partial charge in [-0.05, 0) is 30.7 Å². The van der Waals surface area contributed by atoms with Crippen LogP contribution in [0.4, 0.5) is 0 Å². The van der Waals surface area contributed by atoms with E-state index in [-0.39, 0.29) is 11.5 Å². The fraction of sp³-hybridized carbons (Fsp3) is 0.167. The van der Waals surface area contributed by atoms with Gasteiger partial charge < -0.3 is 10.3 Å². The smallest absolute Gasteiger partial charge is 0.258 e. The van der Waals surface area contributed by atoms with Crippen LogP contribution in [0.1, 0.15) is 21.7 Å². The first-order chi connectivity index (χ1) is 11.1. The molecule has 0 fully saturated rings. The standard InChI is InChI=1S/C18H17N3O2/c1-12-6-2-3-7-13(12)17(22)19-11-10-16-20-15-9-5-4-8-14(15)18(23)21-16/h2-9H,10-11H2,1H3,(H,19,22)(H,20,21,23). The van der Waals surface area contributed by atoms with Gasteiger partial charge in [0.25, 0.3) is 11.5 Å². The van der Waals surface area contributed by atoms with Crippen LogP contribution in [0.25, 0.3) is 10.9 Å². The van der Waals surface area contributed by atoms with Crippen molar-refractivity contribution in [1.82, 2.24) is 15.3 Å². The summed E-state index contributed by atoms with van der Waals surface area (Å²) in [6.45, 7) is 2.31. The molecule has 3 rings (SSSR count). The van der Waals surface area contributed by atoms with Gasteiger partial charge in [-0.25, -0.2) is 4.98 Å². The van der Waals surface area contributed by atoms with E-state index in [1.54, 1.807) is 24.3 Å². The summed E-state index contributed by atoms with van der Waals surface area (Å²) in [5, 5.41) is 3.42. The predicted octanol–water partition coefficient (Wildman–Crippen LogP) is 2.20. The molecule has 23 heavy (non-hydrogen) atoms. The fourth-order valence-electron chi connectivity index (χ4n) is 2.47. The number of aromatic nitrogens is 2. The minimum Gasteiger partial charge on any atom is -0.352 e. The summed E-state index contributed by atoms with van der Waals surface area (Å²) < 4.78 is 0. The molecule has 0 saturated carbocycles. The number of nitrogens with one attached hydrogen (secondary N) is 2. The number of carbonyl (C=O) groups is 1. The molecule has 5 heteroatoms. The molecule has 2 aromatic carbocycles. The van der Waals surface area contributed by atoms with Gasteiger partial charge in [0, 0.05) is 18.5 Å². The zero-order valence-corrected chi connectivity index (χ0v) is 12.8. The monoisotopic (exact) mass is 307 g/mol. The molecule has 1 heterocycles. The van der Waals surface area contributed by atoms with Crippen molar-refractivity contribution in [2.45, 2.75) is 13.3 Å². The summed E-state index contributed by atoms with van der Waals surface area (Å²) in [5.41, 5.74) is 2.10. The molecule has 0 atom stereocenters. The number of hydrogen-bond donors (Lipinski definition) is 2. The highest BCUT2D eigenvalue weighted by Gasteiger charge is 2.08. The van der Waals surface area contributed by atoms with E-state index in [4.69, 9.17) is 0 Å². The second-order valence-electron chi connectivity index (χ2n) is 5.35. The molecule has 0 spiro atoms. The quantitative estimate of drug-likeness (QED) is 0.776.